The van der Waals surface area contributed by atoms with Crippen LogP contribution in [-0.4, -0.2) is 36.4 Å². The number of ether oxygens (including phenoxy) is 1. The number of fused-ring (bicyclic) bond motifs is 1. The monoisotopic (exact) mass is 465 g/mol. The third-order valence-corrected chi connectivity index (χ3v) is 5.81. The van der Waals surface area contributed by atoms with E-state index in [1.165, 1.54) is 30.3 Å². The van der Waals surface area contributed by atoms with Gasteiger partial charge < -0.3 is 19.6 Å². The van der Waals surface area contributed by atoms with Crippen molar-refractivity contribution in [1.82, 2.24) is 5.32 Å². The number of carbonyl (C=O) groups is 1. The molecule has 0 aliphatic heterocycles. The average molecular weight is 465 g/mol. The molecule has 9 heteroatoms. The first-order valence-electron chi connectivity index (χ1n) is 10.7. The van der Waals surface area contributed by atoms with Crippen molar-refractivity contribution in [2.24, 2.45) is 5.92 Å². The van der Waals surface area contributed by atoms with E-state index in [-0.39, 0.29) is 46.8 Å². The maximum Gasteiger partial charge on any atom is 0.422 e. The lowest BCUT2D eigenvalue weighted by atomic mass is 9.86. The molecule has 0 bridgehead atoms. The van der Waals surface area contributed by atoms with Crippen molar-refractivity contribution < 1.29 is 36.6 Å². The van der Waals surface area contributed by atoms with Crippen LogP contribution in [0.4, 0.5) is 17.6 Å². The minimum atomic E-state index is -4.53. The van der Waals surface area contributed by atoms with Gasteiger partial charge in [0.05, 0.1) is 0 Å². The Morgan fingerprint density at radius 3 is 2.52 bits per heavy atom. The van der Waals surface area contributed by atoms with Gasteiger partial charge in [-0.25, -0.2) is 4.39 Å². The summed E-state index contributed by atoms with van der Waals surface area (Å²) in [6.07, 6.45) is -1.43. The molecule has 1 fully saturated rings. The zero-order valence-corrected chi connectivity index (χ0v) is 17.6. The fourth-order valence-electron chi connectivity index (χ4n) is 4.15. The molecule has 1 aromatic heterocycles. The summed E-state index contributed by atoms with van der Waals surface area (Å²) in [5, 5.41) is 12.5. The van der Waals surface area contributed by atoms with Gasteiger partial charge in [-0.15, -0.1) is 0 Å². The normalized spacial score (nSPS) is 18.9. The van der Waals surface area contributed by atoms with Gasteiger partial charge in [-0.2, -0.15) is 13.2 Å². The predicted octanol–water partition coefficient (Wildman–Crippen LogP) is 5.46. The summed E-state index contributed by atoms with van der Waals surface area (Å²) in [5.41, 5.74) is 0.578. The Morgan fingerprint density at radius 2 is 1.82 bits per heavy atom. The summed E-state index contributed by atoms with van der Waals surface area (Å²) in [7, 11) is 0. The van der Waals surface area contributed by atoms with E-state index in [1.807, 2.05) is 0 Å². The fraction of sp³-hybridized carbons (Fsp3) is 0.375. The van der Waals surface area contributed by atoms with Gasteiger partial charge in [0.2, 0.25) is 0 Å². The molecule has 0 spiro atoms. The van der Waals surface area contributed by atoms with Crippen LogP contribution in [0.1, 0.15) is 36.2 Å². The number of carbonyl (C=O) groups excluding carboxylic acids is 1. The smallest absolute Gasteiger partial charge is 0.422 e. The topological polar surface area (TPSA) is 71.7 Å². The largest absolute Gasteiger partial charge is 0.483 e. The Hall–Kier alpha value is -3.07. The molecule has 0 radical (unpaired) electrons. The van der Waals surface area contributed by atoms with Gasteiger partial charge in [-0.1, -0.05) is 18.2 Å². The molecule has 33 heavy (non-hydrogen) atoms. The fourth-order valence-corrected chi connectivity index (χ4v) is 4.15. The first kappa shape index (κ1) is 23.1. The van der Waals surface area contributed by atoms with Crippen molar-refractivity contribution in [3.63, 3.8) is 0 Å². The molecule has 0 atom stereocenters. The molecule has 1 amide bonds. The molecule has 2 N–H and O–H groups in total. The standard InChI is InChI=1S/C24H23F4NO4/c25-16-9-15-10-21(23(31)29-17-7-5-14(12-30)6-8-17)33-22(15)19(11-16)18-3-1-2-4-20(18)32-13-24(26,27)28/h1-4,9-11,14,17,30H,5-8,12-13H2,(H,29,31). The van der Waals surface area contributed by atoms with E-state index >= 15 is 0 Å². The number of alkyl halides is 3. The van der Waals surface area contributed by atoms with E-state index in [9.17, 15) is 27.5 Å². The van der Waals surface area contributed by atoms with E-state index in [4.69, 9.17) is 9.15 Å². The molecule has 0 saturated heterocycles. The highest BCUT2D eigenvalue weighted by Gasteiger charge is 2.29. The van der Waals surface area contributed by atoms with Gasteiger partial charge in [0.15, 0.2) is 12.4 Å². The summed E-state index contributed by atoms with van der Waals surface area (Å²) < 4.78 is 63.0. The van der Waals surface area contributed by atoms with Crippen molar-refractivity contribution in [2.45, 2.75) is 37.9 Å². The zero-order valence-electron chi connectivity index (χ0n) is 17.6. The van der Waals surface area contributed by atoms with Gasteiger partial charge >= 0.3 is 6.18 Å². The summed E-state index contributed by atoms with van der Waals surface area (Å²) >= 11 is 0. The Bertz CT molecular complexity index is 1130. The molecule has 176 valence electrons. The number of aliphatic hydroxyl groups excluding tert-OH is 1. The van der Waals surface area contributed by atoms with E-state index in [0.29, 0.717) is 5.39 Å². The van der Waals surface area contributed by atoms with E-state index < -0.39 is 24.5 Å². The first-order valence-corrected chi connectivity index (χ1v) is 10.7. The van der Waals surface area contributed by atoms with Crippen LogP contribution in [0.2, 0.25) is 0 Å². The SMILES string of the molecule is O=C(NC1CCC(CO)CC1)c1cc2cc(F)cc(-c3ccccc3OCC(F)(F)F)c2o1. The highest BCUT2D eigenvalue weighted by molar-refractivity contribution is 6.00. The third-order valence-electron chi connectivity index (χ3n) is 5.81. The van der Waals surface area contributed by atoms with Crippen molar-refractivity contribution in [2.75, 3.05) is 13.2 Å². The molecule has 2 aromatic carbocycles. The number of amides is 1. The molecule has 1 aliphatic rings. The van der Waals surface area contributed by atoms with Crippen LogP contribution in [0.3, 0.4) is 0 Å². The van der Waals surface area contributed by atoms with Crippen molar-refractivity contribution >= 4 is 16.9 Å². The molecule has 1 saturated carbocycles. The lowest BCUT2D eigenvalue weighted by Gasteiger charge is -2.27. The maximum atomic E-state index is 14.4. The number of benzene rings is 2. The van der Waals surface area contributed by atoms with Crippen molar-refractivity contribution in [3.05, 3.63) is 54.0 Å². The minimum Gasteiger partial charge on any atom is -0.483 e. The molecule has 0 unspecified atom stereocenters. The van der Waals surface area contributed by atoms with Gasteiger partial charge in [0.1, 0.15) is 17.1 Å². The van der Waals surface area contributed by atoms with Crippen LogP contribution in [-0.2, 0) is 0 Å². The average Bonchev–Trinajstić information content (AvgIpc) is 3.21. The van der Waals surface area contributed by atoms with Crippen LogP contribution in [0.5, 0.6) is 5.75 Å². The second kappa shape index (κ2) is 9.43. The molecular weight excluding hydrogens is 442 g/mol. The lowest BCUT2D eigenvalue weighted by molar-refractivity contribution is -0.153. The molecule has 4 rings (SSSR count). The quantitative estimate of drug-likeness (QED) is 0.474. The summed E-state index contributed by atoms with van der Waals surface area (Å²) in [6, 6.07) is 9.66. The maximum absolute atomic E-state index is 14.4. The third kappa shape index (κ3) is 5.47. The van der Waals surface area contributed by atoms with Gasteiger partial charge in [0, 0.05) is 29.2 Å². The molecule has 3 aromatic rings. The van der Waals surface area contributed by atoms with Crippen LogP contribution in [0.15, 0.2) is 46.9 Å². The highest BCUT2D eigenvalue weighted by atomic mass is 19.4. The predicted molar refractivity (Wildman–Crippen MR) is 113 cm³/mol. The number of para-hydroxylation sites is 1. The second-order valence-electron chi connectivity index (χ2n) is 8.26. The Kier molecular flexibility index (Phi) is 6.60. The van der Waals surface area contributed by atoms with Crippen molar-refractivity contribution in [3.8, 4) is 16.9 Å². The van der Waals surface area contributed by atoms with E-state index in [1.54, 1.807) is 6.07 Å². The Morgan fingerprint density at radius 1 is 1.09 bits per heavy atom. The minimum absolute atomic E-state index is 0.0187. The molecular formula is C24H23F4NO4. The number of furan rings is 1. The van der Waals surface area contributed by atoms with E-state index in [0.717, 1.165) is 31.7 Å². The second-order valence-corrected chi connectivity index (χ2v) is 8.26. The zero-order chi connectivity index (χ0) is 23.6. The van der Waals surface area contributed by atoms with Gasteiger partial charge in [-0.3, -0.25) is 4.79 Å². The van der Waals surface area contributed by atoms with E-state index in [2.05, 4.69) is 5.32 Å². The molecule has 1 heterocycles. The number of rotatable bonds is 6. The molecule has 1 aliphatic carbocycles. The highest BCUT2D eigenvalue weighted by Crippen LogP contribution is 2.38. The first-order chi connectivity index (χ1) is 15.7. The van der Waals surface area contributed by atoms with Gasteiger partial charge in [0.25, 0.3) is 5.91 Å². The summed E-state index contributed by atoms with van der Waals surface area (Å²) in [5.74, 6) is -0.932. The van der Waals surface area contributed by atoms with Crippen LogP contribution < -0.4 is 10.1 Å². The van der Waals surface area contributed by atoms with Crippen LogP contribution in [0.25, 0.3) is 22.1 Å². The summed E-state index contributed by atoms with van der Waals surface area (Å²) in [6.45, 7) is -1.36. The van der Waals surface area contributed by atoms with Crippen LogP contribution in [0, 0.1) is 11.7 Å². The molecule has 5 nitrogen and oxygen atoms in total. The Balaban J connectivity index is 1.62. The number of hydrogen-bond donors (Lipinski definition) is 2. The lowest BCUT2D eigenvalue weighted by Crippen LogP contribution is -2.37. The van der Waals surface area contributed by atoms with Crippen LogP contribution >= 0.6 is 0 Å². The number of hydrogen-bond acceptors (Lipinski definition) is 4. The number of aliphatic hydroxyl groups is 1. The van der Waals surface area contributed by atoms with Crippen molar-refractivity contribution in [1.29, 1.82) is 0 Å². The van der Waals surface area contributed by atoms with Gasteiger partial charge in [-0.05, 0) is 55.9 Å². The Labute approximate surface area is 187 Å². The summed E-state index contributed by atoms with van der Waals surface area (Å²) in [4.78, 5) is 12.7. The number of halogens is 4. The number of nitrogens with one attached hydrogen (secondary N) is 1.